The maximum atomic E-state index is 11.9. The predicted molar refractivity (Wildman–Crippen MR) is 92.0 cm³/mol. The number of hydrogen-bond acceptors (Lipinski definition) is 8. The number of unbranched alkanes of at least 4 members (excludes halogenated alkanes) is 3. The molecule has 0 spiro atoms. The van der Waals surface area contributed by atoms with E-state index in [1.807, 2.05) is 0 Å². The summed E-state index contributed by atoms with van der Waals surface area (Å²) in [5.41, 5.74) is 4.87. The Morgan fingerprint density at radius 2 is 2.27 bits per heavy atom. The van der Waals surface area contributed by atoms with Crippen molar-refractivity contribution < 1.29 is 19.0 Å². The fraction of sp³-hybridized carbons (Fsp3) is 0.647. The average molecular weight is 364 g/mol. The van der Waals surface area contributed by atoms with Gasteiger partial charge in [-0.05, 0) is 18.9 Å². The first-order valence-corrected chi connectivity index (χ1v) is 8.74. The third-order valence-corrected chi connectivity index (χ3v) is 4.09. The number of carbonyl (C=O) groups excluding carboxylic acids is 1. The molecule has 1 saturated heterocycles. The summed E-state index contributed by atoms with van der Waals surface area (Å²) in [4.78, 5) is 27.1. The van der Waals surface area contributed by atoms with Crippen LogP contribution in [0.25, 0.3) is 0 Å². The minimum atomic E-state index is -0.792. The summed E-state index contributed by atoms with van der Waals surface area (Å²) in [6.45, 7) is 2.38. The second-order valence-corrected chi connectivity index (χ2v) is 6.13. The van der Waals surface area contributed by atoms with Crippen molar-refractivity contribution in [3.63, 3.8) is 0 Å². The molecule has 1 unspecified atom stereocenters. The number of nitrogen functional groups attached to an aromatic ring is 1. The van der Waals surface area contributed by atoms with E-state index < -0.39 is 30.1 Å². The summed E-state index contributed by atoms with van der Waals surface area (Å²) in [6.07, 6.45) is 3.74. The molecule has 0 aromatic carbocycles. The number of ether oxygens (including phenoxy) is 3. The molecule has 0 radical (unpaired) electrons. The molecule has 1 aliphatic rings. The molecule has 2 N–H and O–H groups in total. The first kappa shape index (κ1) is 19.7. The lowest BCUT2D eigenvalue weighted by atomic mass is 10.1. The maximum Gasteiger partial charge on any atom is 0.508 e. The van der Waals surface area contributed by atoms with Crippen molar-refractivity contribution in [2.45, 2.75) is 51.4 Å². The van der Waals surface area contributed by atoms with E-state index in [4.69, 9.17) is 19.9 Å². The molecule has 2 rings (SSSR count). The van der Waals surface area contributed by atoms with Gasteiger partial charge >= 0.3 is 11.8 Å². The third-order valence-electron chi connectivity index (χ3n) is 4.09. The van der Waals surface area contributed by atoms with Crippen molar-refractivity contribution in [2.75, 3.05) is 18.9 Å². The van der Waals surface area contributed by atoms with Crippen LogP contribution in [-0.2, 0) is 14.2 Å². The fourth-order valence-corrected chi connectivity index (χ4v) is 2.74. The van der Waals surface area contributed by atoms with Crippen LogP contribution in [0.3, 0.4) is 0 Å². The Balaban J connectivity index is 1.82. The van der Waals surface area contributed by atoms with Crippen molar-refractivity contribution >= 4 is 12.0 Å². The summed E-state index contributed by atoms with van der Waals surface area (Å²) in [6, 6.07) is 3.57. The van der Waals surface area contributed by atoms with Crippen LogP contribution in [0, 0.1) is 17.2 Å². The molecule has 0 bridgehead atoms. The molecule has 9 nitrogen and oxygen atoms in total. The lowest BCUT2D eigenvalue weighted by Gasteiger charge is -2.17. The number of nitriles is 1. The normalized spacial score (nSPS) is 21.9. The summed E-state index contributed by atoms with van der Waals surface area (Å²) in [7, 11) is 0. The predicted octanol–water partition coefficient (Wildman–Crippen LogP) is 1.99. The SMILES string of the molecule is CCCCCCOC(=O)OC[C@@H]1C[C@H](C#N)C(n2ccc(N)nc2=O)O1. The lowest BCUT2D eigenvalue weighted by molar-refractivity contribution is -0.0441. The highest BCUT2D eigenvalue weighted by Gasteiger charge is 2.38. The fourth-order valence-electron chi connectivity index (χ4n) is 2.74. The van der Waals surface area contributed by atoms with Gasteiger partial charge in [0, 0.05) is 6.20 Å². The Labute approximate surface area is 151 Å². The smallest absolute Gasteiger partial charge is 0.434 e. The zero-order valence-electron chi connectivity index (χ0n) is 14.8. The number of rotatable bonds is 8. The third kappa shape index (κ3) is 5.46. The van der Waals surface area contributed by atoms with Gasteiger partial charge in [-0.25, -0.2) is 9.59 Å². The number of hydrogen-bond donors (Lipinski definition) is 1. The van der Waals surface area contributed by atoms with Gasteiger partial charge in [-0.2, -0.15) is 10.2 Å². The van der Waals surface area contributed by atoms with E-state index in [1.54, 1.807) is 0 Å². The van der Waals surface area contributed by atoms with Crippen LogP contribution in [0.4, 0.5) is 10.6 Å². The Bertz CT molecular complexity index is 699. The summed E-state index contributed by atoms with van der Waals surface area (Å²) in [5.74, 6) is -0.462. The van der Waals surface area contributed by atoms with Crippen LogP contribution in [0.1, 0.15) is 45.3 Å². The highest BCUT2D eigenvalue weighted by Crippen LogP contribution is 2.33. The quantitative estimate of drug-likeness (QED) is 0.547. The number of anilines is 1. The van der Waals surface area contributed by atoms with Crippen LogP contribution in [-0.4, -0.2) is 35.0 Å². The Kier molecular flexibility index (Phi) is 7.41. The number of nitrogens with zero attached hydrogens (tertiary/aromatic N) is 3. The molecule has 1 aromatic rings. The van der Waals surface area contributed by atoms with Gasteiger partial charge in [-0.3, -0.25) is 4.57 Å². The Hall–Kier alpha value is -2.60. The van der Waals surface area contributed by atoms with Gasteiger partial charge in [-0.1, -0.05) is 26.2 Å². The minimum absolute atomic E-state index is 0.0420. The van der Waals surface area contributed by atoms with Gasteiger partial charge < -0.3 is 19.9 Å². The standard InChI is InChI=1S/C17H24N4O5/c1-2-3-4-5-8-24-17(23)25-11-13-9-12(10-18)15(26-13)21-7-6-14(19)20-16(21)22/h6-7,12-13,15H,2-5,8-9,11H2,1H3,(H2,19,20,22)/t12-,13+,15?/m1/s1. The monoisotopic (exact) mass is 364 g/mol. The van der Waals surface area contributed by atoms with E-state index in [0.29, 0.717) is 13.0 Å². The molecule has 9 heteroatoms. The molecule has 1 fully saturated rings. The van der Waals surface area contributed by atoms with Crippen molar-refractivity contribution in [3.05, 3.63) is 22.7 Å². The average Bonchev–Trinajstić information content (AvgIpc) is 3.03. The van der Waals surface area contributed by atoms with Gasteiger partial charge in [0.25, 0.3) is 0 Å². The largest absolute Gasteiger partial charge is 0.508 e. The molecule has 3 atom stereocenters. The van der Waals surface area contributed by atoms with Crippen LogP contribution >= 0.6 is 0 Å². The maximum absolute atomic E-state index is 11.9. The molecular weight excluding hydrogens is 340 g/mol. The molecule has 1 aromatic heterocycles. The number of aromatic nitrogens is 2. The zero-order valence-corrected chi connectivity index (χ0v) is 14.8. The number of nitrogens with two attached hydrogens (primary N) is 1. The molecule has 26 heavy (non-hydrogen) atoms. The lowest BCUT2D eigenvalue weighted by Crippen LogP contribution is -2.30. The first-order valence-electron chi connectivity index (χ1n) is 8.74. The number of carbonyl (C=O) groups is 1. The summed E-state index contributed by atoms with van der Waals surface area (Å²) >= 11 is 0. The van der Waals surface area contributed by atoms with Gasteiger partial charge in [0.15, 0.2) is 6.23 Å². The van der Waals surface area contributed by atoms with Crippen molar-refractivity contribution in [2.24, 2.45) is 5.92 Å². The Morgan fingerprint density at radius 1 is 1.46 bits per heavy atom. The van der Waals surface area contributed by atoms with E-state index in [1.165, 1.54) is 16.8 Å². The molecule has 1 aliphatic heterocycles. The van der Waals surface area contributed by atoms with Crippen molar-refractivity contribution in [3.8, 4) is 6.07 Å². The molecule has 0 amide bonds. The Morgan fingerprint density at radius 3 is 2.96 bits per heavy atom. The van der Waals surface area contributed by atoms with Crippen LogP contribution in [0.5, 0.6) is 0 Å². The second kappa shape index (κ2) is 9.77. The van der Waals surface area contributed by atoms with Gasteiger partial charge in [0.1, 0.15) is 12.4 Å². The van der Waals surface area contributed by atoms with Gasteiger partial charge in [-0.15, -0.1) is 0 Å². The van der Waals surface area contributed by atoms with Gasteiger partial charge in [0.2, 0.25) is 0 Å². The van der Waals surface area contributed by atoms with Crippen molar-refractivity contribution in [1.82, 2.24) is 9.55 Å². The minimum Gasteiger partial charge on any atom is -0.434 e. The molecule has 0 saturated carbocycles. The van der Waals surface area contributed by atoms with E-state index in [2.05, 4.69) is 18.0 Å². The van der Waals surface area contributed by atoms with E-state index in [-0.39, 0.29) is 12.4 Å². The van der Waals surface area contributed by atoms with Crippen LogP contribution < -0.4 is 11.4 Å². The molecule has 142 valence electrons. The topological polar surface area (TPSA) is 129 Å². The molecule has 0 aliphatic carbocycles. The first-order chi connectivity index (χ1) is 12.5. The summed E-state index contributed by atoms with van der Waals surface area (Å²) in [5, 5.41) is 9.30. The van der Waals surface area contributed by atoms with E-state index in [9.17, 15) is 14.9 Å². The summed E-state index contributed by atoms with van der Waals surface area (Å²) < 4.78 is 16.9. The highest BCUT2D eigenvalue weighted by atomic mass is 16.7. The van der Waals surface area contributed by atoms with Crippen molar-refractivity contribution in [1.29, 1.82) is 5.26 Å². The zero-order chi connectivity index (χ0) is 18.9. The molecule has 2 heterocycles. The van der Waals surface area contributed by atoms with Gasteiger partial charge in [0.05, 0.1) is 24.7 Å². The molecular formula is C17H24N4O5. The van der Waals surface area contributed by atoms with E-state index in [0.717, 1.165) is 25.7 Å². The van der Waals surface area contributed by atoms with Crippen LogP contribution in [0.2, 0.25) is 0 Å². The van der Waals surface area contributed by atoms with E-state index >= 15 is 0 Å². The van der Waals surface area contributed by atoms with Crippen LogP contribution in [0.15, 0.2) is 17.1 Å². The highest BCUT2D eigenvalue weighted by molar-refractivity contribution is 5.59. The second-order valence-electron chi connectivity index (χ2n) is 6.13.